The van der Waals surface area contributed by atoms with E-state index >= 15 is 0 Å². The first-order valence-electron chi connectivity index (χ1n) is 6.17. The molecule has 0 aromatic heterocycles. The van der Waals surface area contributed by atoms with E-state index in [-0.39, 0.29) is 12.8 Å². The van der Waals surface area contributed by atoms with E-state index in [1.165, 1.54) is 0 Å². The van der Waals surface area contributed by atoms with Gasteiger partial charge in [0.05, 0.1) is 15.2 Å². The van der Waals surface area contributed by atoms with Crippen molar-refractivity contribution in [2.75, 3.05) is 0 Å². The number of hydrogen-bond acceptors (Lipinski definition) is 4. The van der Waals surface area contributed by atoms with Gasteiger partial charge >= 0.3 is 5.55 Å². The molecule has 19 heavy (non-hydrogen) atoms. The van der Waals surface area contributed by atoms with Crippen LogP contribution in [0.5, 0.6) is 0 Å². The molecule has 1 saturated carbocycles. The van der Waals surface area contributed by atoms with Gasteiger partial charge in [0, 0.05) is 0 Å². The third kappa shape index (κ3) is 3.43. The lowest BCUT2D eigenvalue weighted by atomic mass is 10.00. The summed E-state index contributed by atoms with van der Waals surface area (Å²) in [6.45, 7) is 4.97. The minimum absolute atomic E-state index is 0.286. The molecule has 1 rings (SSSR count). The van der Waals surface area contributed by atoms with Crippen LogP contribution in [0, 0.1) is 0 Å². The lowest BCUT2D eigenvalue weighted by Crippen LogP contribution is -2.41. The first-order valence-corrected chi connectivity index (χ1v) is 9.32. The molecule has 0 aliphatic heterocycles. The molecule has 8 heteroatoms. The summed E-state index contributed by atoms with van der Waals surface area (Å²) in [6.07, 6.45) is 1.24. The largest absolute Gasteiger partial charge is 0.370 e. The zero-order valence-corrected chi connectivity index (χ0v) is 13.0. The fraction of sp³-hybridized carbons (Fsp3) is 0.909. The maximum atomic E-state index is 12.3. The number of hydrogen-bond donors (Lipinski definition) is 0. The molecule has 0 saturated heterocycles. The van der Waals surface area contributed by atoms with Gasteiger partial charge in [-0.05, 0) is 46.5 Å². The summed E-state index contributed by atoms with van der Waals surface area (Å²) >= 11 is 0. The zero-order chi connectivity index (χ0) is 14.9. The summed E-state index contributed by atoms with van der Waals surface area (Å²) in [5.74, 6) is 0. The molecule has 0 unspecified atom stereocenters. The minimum Gasteiger partial charge on any atom is -0.361 e. The fourth-order valence-electron chi connectivity index (χ4n) is 2.32. The fourth-order valence-corrected chi connectivity index (χ4v) is 5.45. The summed E-state index contributed by atoms with van der Waals surface area (Å²) in [4.78, 5) is 2.56. The molecule has 0 aromatic rings. The van der Waals surface area contributed by atoms with Gasteiger partial charge in [-0.15, -0.1) is 0 Å². The van der Waals surface area contributed by atoms with Crippen LogP contribution >= 0.6 is 0 Å². The third-order valence-corrected chi connectivity index (χ3v) is 8.42. The van der Waals surface area contributed by atoms with Crippen molar-refractivity contribution in [2.24, 2.45) is 0 Å². The van der Waals surface area contributed by atoms with Crippen LogP contribution in [-0.2, 0) is 19.7 Å². The van der Waals surface area contributed by atoms with Crippen molar-refractivity contribution in [3.8, 4) is 0 Å². The first-order chi connectivity index (χ1) is 8.52. The van der Waals surface area contributed by atoms with Gasteiger partial charge in [0.2, 0.25) is 9.84 Å². The lowest BCUT2D eigenvalue weighted by molar-refractivity contribution is 0.00744. The summed E-state index contributed by atoms with van der Waals surface area (Å²) in [7, 11) is -6.83. The van der Waals surface area contributed by atoms with Gasteiger partial charge in [0.25, 0.3) is 0 Å². The van der Waals surface area contributed by atoms with Crippen LogP contribution < -0.4 is 0 Å². The number of sulfone groups is 2. The van der Waals surface area contributed by atoms with Crippen LogP contribution in [0.4, 0.5) is 0 Å². The molecule has 0 heterocycles. The molecule has 1 fully saturated rings. The minimum atomic E-state index is -3.57. The molecule has 0 atom stereocenters. The van der Waals surface area contributed by atoms with Gasteiger partial charge in [0.15, 0.2) is 9.84 Å². The third-order valence-electron chi connectivity index (χ3n) is 3.57. The standard InChI is InChI=1S/C11H20N2O4S2/c1-11(2,3)19(16,17)10-6-4-9(5-7-10)18(14,15)8-13-12/h8-10H,4-7H2,1-3H3. The molecule has 1 aliphatic carbocycles. The Balaban J connectivity index is 2.83. The summed E-state index contributed by atoms with van der Waals surface area (Å²) in [5, 5.41) is -1.13. The molecule has 1 aliphatic rings. The number of rotatable bonds is 3. The van der Waals surface area contributed by atoms with Gasteiger partial charge < -0.3 is 5.53 Å². The summed E-state index contributed by atoms with van der Waals surface area (Å²) in [6, 6.07) is 0. The average molecular weight is 308 g/mol. The van der Waals surface area contributed by atoms with Crippen molar-refractivity contribution in [2.45, 2.75) is 61.7 Å². The molecular weight excluding hydrogens is 288 g/mol. The Hall–Kier alpha value is -0.720. The predicted octanol–water partition coefficient (Wildman–Crippen LogP) is 1.18. The van der Waals surface area contributed by atoms with Crippen LogP contribution in [-0.4, -0.2) is 42.4 Å². The molecule has 6 nitrogen and oxygen atoms in total. The second-order valence-electron chi connectivity index (χ2n) is 5.87. The molecule has 0 radical (unpaired) electrons. The highest BCUT2D eigenvalue weighted by atomic mass is 32.2. The Morgan fingerprint density at radius 1 is 1.00 bits per heavy atom. The molecule has 0 bridgehead atoms. The lowest BCUT2D eigenvalue weighted by Gasteiger charge is -2.31. The Kier molecular flexibility index (Phi) is 4.59. The topological polar surface area (TPSA) is 105 Å². The van der Waals surface area contributed by atoms with Crippen molar-refractivity contribution in [1.29, 1.82) is 0 Å². The van der Waals surface area contributed by atoms with E-state index < -0.39 is 34.9 Å². The molecule has 0 aromatic carbocycles. The van der Waals surface area contributed by atoms with Gasteiger partial charge in [-0.3, -0.25) is 0 Å². The van der Waals surface area contributed by atoms with Crippen LogP contribution in [0.15, 0.2) is 0 Å². The summed E-state index contributed by atoms with van der Waals surface area (Å²) in [5.41, 5.74) is 8.85. The highest BCUT2D eigenvalue weighted by Crippen LogP contribution is 2.33. The van der Waals surface area contributed by atoms with Crippen LogP contribution in [0.3, 0.4) is 0 Å². The molecule has 0 N–H and O–H groups in total. The Morgan fingerprint density at radius 2 is 1.42 bits per heavy atom. The SMILES string of the molecule is CC(C)(C)S(=O)(=O)C1CCC(S(=O)(=O)C=[N+]=[N-])CC1. The van der Waals surface area contributed by atoms with E-state index in [1.54, 1.807) is 20.8 Å². The molecule has 0 spiro atoms. The molecule has 0 amide bonds. The predicted molar refractivity (Wildman–Crippen MR) is 73.3 cm³/mol. The normalized spacial score (nSPS) is 25.6. The van der Waals surface area contributed by atoms with E-state index in [2.05, 4.69) is 4.79 Å². The Labute approximate surface area is 114 Å². The van der Waals surface area contributed by atoms with E-state index in [9.17, 15) is 16.8 Å². The smallest absolute Gasteiger partial charge is 0.361 e. The van der Waals surface area contributed by atoms with Gasteiger partial charge in [-0.25, -0.2) is 16.8 Å². The van der Waals surface area contributed by atoms with Crippen molar-refractivity contribution in [3.05, 3.63) is 5.53 Å². The second kappa shape index (κ2) is 5.34. The monoisotopic (exact) mass is 308 g/mol. The van der Waals surface area contributed by atoms with Gasteiger partial charge in [-0.1, -0.05) is 0 Å². The van der Waals surface area contributed by atoms with E-state index in [0.717, 1.165) is 0 Å². The molecular formula is C11H20N2O4S2. The quantitative estimate of drug-likeness (QED) is 0.338. The van der Waals surface area contributed by atoms with Crippen molar-refractivity contribution >= 4 is 25.2 Å². The van der Waals surface area contributed by atoms with Gasteiger partial charge in [0.1, 0.15) is 0 Å². The van der Waals surface area contributed by atoms with E-state index in [4.69, 9.17) is 5.53 Å². The molecule has 110 valence electrons. The van der Waals surface area contributed by atoms with Gasteiger partial charge in [-0.2, -0.15) is 4.79 Å². The van der Waals surface area contributed by atoms with Crippen molar-refractivity contribution in [1.82, 2.24) is 0 Å². The van der Waals surface area contributed by atoms with Crippen molar-refractivity contribution < 1.29 is 21.6 Å². The number of nitrogens with zero attached hydrogens (tertiary/aromatic N) is 2. The van der Waals surface area contributed by atoms with Crippen LogP contribution in [0.25, 0.3) is 5.53 Å². The Bertz CT molecular complexity index is 573. The van der Waals surface area contributed by atoms with E-state index in [0.29, 0.717) is 18.4 Å². The highest BCUT2D eigenvalue weighted by molar-refractivity contribution is 8.04. The maximum absolute atomic E-state index is 12.3. The van der Waals surface area contributed by atoms with Crippen LogP contribution in [0.2, 0.25) is 0 Å². The van der Waals surface area contributed by atoms with E-state index in [1.807, 2.05) is 0 Å². The zero-order valence-electron chi connectivity index (χ0n) is 11.4. The average Bonchev–Trinajstić information content (AvgIpc) is 2.27. The second-order valence-corrected chi connectivity index (χ2v) is 10.9. The Morgan fingerprint density at radius 3 is 1.79 bits per heavy atom. The van der Waals surface area contributed by atoms with Crippen molar-refractivity contribution in [3.63, 3.8) is 0 Å². The highest BCUT2D eigenvalue weighted by Gasteiger charge is 2.41. The maximum Gasteiger partial charge on any atom is 0.370 e. The van der Waals surface area contributed by atoms with Crippen LogP contribution in [0.1, 0.15) is 46.5 Å². The first kappa shape index (κ1) is 16.3. The summed E-state index contributed by atoms with van der Waals surface area (Å²) < 4.78 is 47.1.